The summed E-state index contributed by atoms with van der Waals surface area (Å²) in [6.45, 7) is 6.78. The minimum Gasteiger partial charge on any atom is -0.388 e. The Balaban J connectivity index is 1.83. The molecule has 0 atom stereocenters. The van der Waals surface area contributed by atoms with Gasteiger partial charge in [0.1, 0.15) is 5.82 Å². The lowest BCUT2D eigenvalue weighted by Crippen LogP contribution is -2.17. The van der Waals surface area contributed by atoms with Crippen molar-refractivity contribution in [3.05, 3.63) is 76.0 Å². The van der Waals surface area contributed by atoms with E-state index < -0.39 is 5.76 Å². The van der Waals surface area contributed by atoms with E-state index >= 15 is 0 Å². The van der Waals surface area contributed by atoms with Gasteiger partial charge in [-0.05, 0) is 40.8 Å². The molecular weight excluding hydrogens is 307 g/mol. The van der Waals surface area contributed by atoms with E-state index in [-0.39, 0.29) is 17.1 Å². The average Bonchev–Trinajstić information content (AvgIpc) is 2.89. The lowest BCUT2D eigenvalue weighted by molar-refractivity contribution is 0.495. The molecule has 1 aromatic heterocycles. The molecule has 124 valence electrons. The van der Waals surface area contributed by atoms with Gasteiger partial charge < -0.3 is 4.42 Å². The van der Waals surface area contributed by atoms with Crippen molar-refractivity contribution in [2.75, 3.05) is 0 Å². The Morgan fingerprint density at radius 3 is 2.25 bits per heavy atom. The van der Waals surface area contributed by atoms with Gasteiger partial charge in [-0.15, -0.1) is 5.10 Å². The molecule has 0 aliphatic heterocycles. The Kier molecular flexibility index (Phi) is 4.09. The molecule has 0 unspecified atom stereocenters. The number of hydrogen-bond donors (Lipinski definition) is 0. The fourth-order valence-electron chi connectivity index (χ4n) is 2.40. The number of rotatable bonds is 3. The van der Waals surface area contributed by atoms with E-state index in [9.17, 15) is 9.18 Å². The van der Waals surface area contributed by atoms with E-state index in [4.69, 9.17) is 4.42 Å². The van der Waals surface area contributed by atoms with E-state index in [1.807, 2.05) is 12.1 Å². The van der Waals surface area contributed by atoms with Crippen LogP contribution in [0.25, 0.3) is 11.5 Å². The Hall–Kier alpha value is -2.69. The molecule has 3 aromatic rings. The minimum atomic E-state index is -0.533. The number of halogens is 1. The summed E-state index contributed by atoms with van der Waals surface area (Å²) in [6.07, 6.45) is 0. The van der Waals surface area contributed by atoms with Crippen LogP contribution >= 0.6 is 0 Å². The summed E-state index contributed by atoms with van der Waals surface area (Å²) in [5, 5.41) is 4.19. The number of nitrogens with zero attached hydrogens (tertiary/aromatic N) is 2. The van der Waals surface area contributed by atoms with Crippen molar-refractivity contribution >= 4 is 0 Å². The lowest BCUT2D eigenvalue weighted by Gasteiger charge is -2.19. The molecule has 0 fully saturated rings. The van der Waals surface area contributed by atoms with E-state index in [0.29, 0.717) is 12.1 Å². The molecule has 0 saturated carbocycles. The van der Waals surface area contributed by atoms with Gasteiger partial charge in [-0.2, -0.15) is 4.68 Å². The molecule has 0 spiro atoms. The van der Waals surface area contributed by atoms with Gasteiger partial charge >= 0.3 is 5.76 Å². The van der Waals surface area contributed by atoms with Gasteiger partial charge in [-0.3, -0.25) is 0 Å². The van der Waals surface area contributed by atoms with Crippen molar-refractivity contribution < 1.29 is 8.81 Å². The first-order valence-electron chi connectivity index (χ1n) is 7.76. The van der Waals surface area contributed by atoms with Crippen LogP contribution in [0.4, 0.5) is 4.39 Å². The molecular formula is C19H19FN2O2. The highest BCUT2D eigenvalue weighted by Crippen LogP contribution is 2.22. The normalized spacial score (nSPS) is 11.7. The van der Waals surface area contributed by atoms with Crippen LogP contribution in [0.15, 0.2) is 57.7 Å². The summed E-state index contributed by atoms with van der Waals surface area (Å²) >= 11 is 0. The Bertz CT molecular complexity index is 885. The highest BCUT2D eigenvalue weighted by Gasteiger charge is 2.14. The predicted octanol–water partition coefficient (Wildman–Crippen LogP) is 3.99. The summed E-state index contributed by atoms with van der Waals surface area (Å²) in [4.78, 5) is 12.0. The molecule has 5 heteroatoms. The molecule has 0 bridgehead atoms. The third kappa shape index (κ3) is 3.45. The van der Waals surface area contributed by atoms with Crippen molar-refractivity contribution in [1.82, 2.24) is 9.78 Å². The molecule has 1 heterocycles. The Morgan fingerprint density at radius 2 is 1.67 bits per heavy atom. The molecule has 0 aliphatic carbocycles. The van der Waals surface area contributed by atoms with Gasteiger partial charge in [0, 0.05) is 5.56 Å². The Labute approximate surface area is 139 Å². The monoisotopic (exact) mass is 326 g/mol. The fraction of sp³-hybridized carbons (Fsp3) is 0.263. The van der Waals surface area contributed by atoms with Gasteiger partial charge in [0.05, 0.1) is 6.54 Å². The highest BCUT2D eigenvalue weighted by molar-refractivity contribution is 5.51. The maximum absolute atomic E-state index is 13.0. The fourth-order valence-corrected chi connectivity index (χ4v) is 2.40. The number of hydrogen-bond acceptors (Lipinski definition) is 3. The van der Waals surface area contributed by atoms with E-state index in [2.05, 4.69) is 38.0 Å². The average molecular weight is 326 g/mol. The summed E-state index contributed by atoms with van der Waals surface area (Å²) in [6, 6.07) is 13.8. The first kappa shape index (κ1) is 16.2. The molecule has 4 nitrogen and oxygen atoms in total. The van der Waals surface area contributed by atoms with E-state index in [1.165, 1.54) is 34.5 Å². The van der Waals surface area contributed by atoms with Gasteiger partial charge in [0.25, 0.3) is 0 Å². The summed E-state index contributed by atoms with van der Waals surface area (Å²) in [5.74, 6) is -0.694. The van der Waals surface area contributed by atoms with Gasteiger partial charge in [0.2, 0.25) is 5.89 Å². The van der Waals surface area contributed by atoms with Crippen LogP contribution < -0.4 is 5.76 Å². The lowest BCUT2D eigenvalue weighted by atomic mass is 9.87. The number of aromatic nitrogens is 2. The van der Waals surface area contributed by atoms with E-state index in [0.717, 1.165) is 5.56 Å². The van der Waals surface area contributed by atoms with Gasteiger partial charge in [-0.1, -0.05) is 45.0 Å². The third-order valence-electron chi connectivity index (χ3n) is 3.85. The van der Waals surface area contributed by atoms with Crippen molar-refractivity contribution in [2.45, 2.75) is 32.7 Å². The molecule has 0 saturated heterocycles. The second kappa shape index (κ2) is 6.07. The minimum absolute atomic E-state index is 0.0824. The second-order valence-corrected chi connectivity index (χ2v) is 6.78. The molecule has 2 aromatic carbocycles. The predicted molar refractivity (Wildman–Crippen MR) is 90.4 cm³/mol. The molecule has 24 heavy (non-hydrogen) atoms. The summed E-state index contributed by atoms with van der Waals surface area (Å²) in [7, 11) is 0. The molecule has 0 radical (unpaired) electrons. The SMILES string of the molecule is CC(C)(C)c1ccc(Cn2nc(-c3ccc(F)cc3)oc2=O)cc1. The topological polar surface area (TPSA) is 48.0 Å². The zero-order valence-corrected chi connectivity index (χ0v) is 13.9. The van der Waals surface area contributed by atoms with Crippen molar-refractivity contribution in [3.63, 3.8) is 0 Å². The van der Waals surface area contributed by atoms with Crippen molar-refractivity contribution in [3.8, 4) is 11.5 Å². The van der Waals surface area contributed by atoms with Crippen LogP contribution in [0.1, 0.15) is 31.9 Å². The van der Waals surface area contributed by atoms with Crippen LogP contribution in [0.3, 0.4) is 0 Å². The second-order valence-electron chi connectivity index (χ2n) is 6.78. The first-order chi connectivity index (χ1) is 11.3. The van der Waals surface area contributed by atoms with Gasteiger partial charge in [0.15, 0.2) is 0 Å². The summed E-state index contributed by atoms with van der Waals surface area (Å²) in [5.41, 5.74) is 2.84. The van der Waals surface area contributed by atoms with Crippen molar-refractivity contribution in [2.24, 2.45) is 0 Å². The van der Waals surface area contributed by atoms with Crippen molar-refractivity contribution in [1.29, 1.82) is 0 Å². The van der Waals surface area contributed by atoms with Crippen LogP contribution in [0, 0.1) is 5.82 Å². The highest BCUT2D eigenvalue weighted by atomic mass is 19.1. The molecule has 0 aliphatic rings. The third-order valence-corrected chi connectivity index (χ3v) is 3.85. The largest absolute Gasteiger partial charge is 0.437 e. The zero-order chi connectivity index (χ0) is 17.3. The Morgan fingerprint density at radius 1 is 1.04 bits per heavy atom. The van der Waals surface area contributed by atoms with Crippen LogP contribution in [0.2, 0.25) is 0 Å². The standard InChI is InChI=1S/C19H19FN2O2/c1-19(2,3)15-8-4-13(5-9-15)12-22-18(23)24-17(21-22)14-6-10-16(20)11-7-14/h4-11H,12H2,1-3H3. The van der Waals surface area contributed by atoms with E-state index in [1.54, 1.807) is 0 Å². The molecule has 0 amide bonds. The van der Waals surface area contributed by atoms with Gasteiger partial charge in [-0.25, -0.2) is 9.18 Å². The maximum Gasteiger partial charge on any atom is 0.437 e. The zero-order valence-electron chi connectivity index (χ0n) is 13.9. The van der Waals surface area contributed by atoms with Crippen LogP contribution in [-0.2, 0) is 12.0 Å². The maximum atomic E-state index is 13.0. The summed E-state index contributed by atoms with van der Waals surface area (Å²) < 4.78 is 19.4. The molecule has 0 N–H and O–H groups in total. The quantitative estimate of drug-likeness (QED) is 0.731. The first-order valence-corrected chi connectivity index (χ1v) is 7.76. The molecule has 3 rings (SSSR count). The smallest absolute Gasteiger partial charge is 0.388 e. The number of benzene rings is 2. The van der Waals surface area contributed by atoms with Crippen LogP contribution in [0.5, 0.6) is 0 Å². The van der Waals surface area contributed by atoms with Crippen LogP contribution in [-0.4, -0.2) is 9.78 Å².